The van der Waals surface area contributed by atoms with Crippen LogP contribution in [0.15, 0.2) is 24.3 Å². The van der Waals surface area contributed by atoms with Crippen molar-refractivity contribution in [1.82, 2.24) is 0 Å². The number of carbonyl (C=O) groups excluding carboxylic acids is 2. The van der Waals surface area contributed by atoms with Crippen LogP contribution in [0.5, 0.6) is 0 Å². The lowest BCUT2D eigenvalue weighted by atomic mass is 9.89. The first-order valence-electron chi connectivity index (χ1n) is 5.99. The number of hydrogen-bond acceptors (Lipinski definition) is 2. The van der Waals surface area contributed by atoms with Gasteiger partial charge in [-0.05, 0) is 60.4 Å². The van der Waals surface area contributed by atoms with Crippen molar-refractivity contribution in [3.63, 3.8) is 0 Å². The normalized spacial score (nSPS) is 10.4. The number of carbonyl (C=O) groups is 2. The van der Waals surface area contributed by atoms with Gasteiger partial charge in [-0.1, -0.05) is 23.2 Å². The highest BCUT2D eigenvalue weighted by atomic mass is 35.5. The van der Waals surface area contributed by atoms with Crippen LogP contribution in [0.4, 0.5) is 0 Å². The van der Waals surface area contributed by atoms with Gasteiger partial charge in [-0.2, -0.15) is 0 Å². The maximum Gasteiger partial charge on any atom is 0.150 e. The molecule has 0 unspecified atom stereocenters. The van der Waals surface area contributed by atoms with Crippen LogP contribution in [0.1, 0.15) is 31.8 Å². The minimum Gasteiger partial charge on any atom is -0.298 e. The average molecular weight is 307 g/mol. The van der Waals surface area contributed by atoms with Gasteiger partial charge in [0.2, 0.25) is 0 Å². The fourth-order valence-electron chi connectivity index (χ4n) is 2.41. The predicted molar refractivity (Wildman–Crippen MR) is 82.1 cm³/mol. The molecule has 0 aliphatic carbocycles. The molecule has 0 heterocycles. The van der Waals surface area contributed by atoms with E-state index in [0.29, 0.717) is 21.2 Å². The summed E-state index contributed by atoms with van der Waals surface area (Å²) in [4.78, 5) is 22.6. The van der Waals surface area contributed by atoms with Crippen molar-refractivity contribution in [1.29, 1.82) is 0 Å². The molecular weight excluding hydrogens is 295 g/mol. The first-order valence-corrected chi connectivity index (χ1v) is 6.74. The maximum absolute atomic E-state index is 11.3. The molecule has 0 bridgehead atoms. The third-order valence-electron chi connectivity index (χ3n) is 3.17. The summed E-state index contributed by atoms with van der Waals surface area (Å²) in [6, 6.07) is 6.73. The molecule has 0 aliphatic heterocycles. The monoisotopic (exact) mass is 306 g/mol. The van der Waals surface area contributed by atoms with E-state index in [4.69, 9.17) is 23.2 Å². The summed E-state index contributed by atoms with van der Waals surface area (Å²) in [5, 5.41) is 0.986. The highest BCUT2D eigenvalue weighted by molar-refractivity contribution is 6.31. The summed E-state index contributed by atoms with van der Waals surface area (Å²) < 4.78 is 0. The third kappa shape index (κ3) is 2.62. The molecule has 0 fully saturated rings. The standard InChI is InChI=1S/C16H12Cl2O2/c1-9-3-13(17)5-11(7-19)15(9)16-10(2)4-14(18)6-12(16)8-20/h3-8H,1-2H3. The van der Waals surface area contributed by atoms with Gasteiger partial charge in [-0.3, -0.25) is 9.59 Å². The van der Waals surface area contributed by atoms with Gasteiger partial charge in [-0.15, -0.1) is 0 Å². The maximum atomic E-state index is 11.3. The van der Waals surface area contributed by atoms with E-state index in [0.717, 1.165) is 34.8 Å². The number of benzene rings is 2. The van der Waals surface area contributed by atoms with Gasteiger partial charge >= 0.3 is 0 Å². The smallest absolute Gasteiger partial charge is 0.150 e. The fourth-order valence-corrected chi connectivity index (χ4v) is 2.97. The Bertz CT molecular complexity index is 645. The van der Waals surface area contributed by atoms with Crippen molar-refractivity contribution in [2.75, 3.05) is 0 Å². The van der Waals surface area contributed by atoms with Crippen LogP contribution >= 0.6 is 23.2 Å². The zero-order valence-electron chi connectivity index (χ0n) is 11.0. The Morgan fingerprint density at radius 3 is 1.40 bits per heavy atom. The Kier molecular flexibility index (Phi) is 4.26. The van der Waals surface area contributed by atoms with E-state index in [9.17, 15) is 9.59 Å². The van der Waals surface area contributed by atoms with Crippen molar-refractivity contribution in [2.24, 2.45) is 0 Å². The van der Waals surface area contributed by atoms with Crippen LogP contribution in [0.3, 0.4) is 0 Å². The largest absolute Gasteiger partial charge is 0.298 e. The van der Waals surface area contributed by atoms with E-state index >= 15 is 0 Å². The van der Waals surface area contributed by atoms with E-state index in [-0.39, 0.29) is 0 Å². The van der Waals surface area contributed by atoms with Crippen LogP contribution in [-0.2, 0) is 0 Å². The lowest BCUT2D eigenvalue weighted by molar-refractivity contribution is 0.111. The van der Waals surface area contributed by atoms with Crippen LogP contribution in [0, 0.1) is 13.8 Å². The minimum absolute atomic E-state index is 0.462. The number of rotatable bonds is 3. The van der Waals surface area contributed by atoms with Crippen LogP contribution in [0.2, 0.25) is 10.0 Å². The molecule has 2 aromatic rings. The lowest BCUT2D eigenvalue weighted by Gasteiger charge is -2.15. The van der Waals surface area contributed by atoms with Crippen molar-refractivity contribution >= 4 is 35.8 Å². The second-order valence-corrected chi connectivity index (χ2v) is 5.48. The van der Waals surface area contributed by atoms with Crippen LogP contribution in [-0.4, -0.2) is 12.6 Å². The molecular formula is C16H12Cl2O2. The lowest BCUT2D eigenvalue weighted by Crippen LogP contribution is -1.98. The Labute approximate surface area is 127 Å². The third-order valence-corrected chi connectivity index (χ3v) is 3.60. The highest BCUT2D eigenvalue weighted by Crippen LogP contribution is 2.35. The van der Waals surface area contributed by atoms with Gasteiger partial charge in [0, 0.05) is 21.2 Å². The van der Waals surface area contributed by atoms with Crippen molar-refractivity contribution < 1.29 is 9.59 Å². The number of halogens is 2. The molecule has 2 nitrogen and oxygen atoms in total. The number of aldehydes is 2. The summed E-state index contributed by atoms with van der Waals surface area (Å²) in [5.74, 6) is 0. The molecule has 102 valence electrons. The first-order chi connectivity index (χ1) is 9.47. The molecule has 0 radical (unpaired) electrons. The van der Waals surface area contributed by atoms with E-state index in [1.807, 2.05) is 13.8 Å². The summed E-state index contributed by atoms with van der Waals surface area (Å²) in [6.45, 7) is 3.72. The molecule has 0 saturated heterocycles. The van der Waals surface area contributed by atoms with Crippen molar-refractivity contribution in [3.8, 4) is 11.1 Å². The molecule has 2 rings (SSSR count). The molecule has 0 atom stereocenters. The summed E-state index contributed by atoms with van der Waals surface area (Å²) in [6.07, 6.45) is 1.49. The zero-order chi connectivity index (χ0) is 14.9. The molecule has 0 N–H and O–H groups in total. The second kappa shape index (κ2) is 5.78. The minimum atomic E-state index is 0.462. The Hall–Kier alpha value is -1.64. The predicted octanol–water partition coefficient (Wildman–Crippen LogP) is 4.90. The summed E-state index contributed by atoms with van der Waals surface area (Å²) >= 11 is 12.0. The molecule has 2 aromatic carbocycles. The molecule has 0 spiro atoms. The van der Waals surface area contributed by atoms with Crippen LogP contribution in [0.25, 0.3) is 11.1 Å². The molecule has 4 heteroatoms. The Morgan fingerprint density at radius 1 is 0.750 bits per heavy atom. The van der Waals surface area contributed by atoms with E-state index in [2.05, 4.69) is 0 Å². The average Bonchev–Trinajstić information content (AvgIpc) is 2.38. The van der Waals surface area contributed by atoms with Crippen molar-refractivity contribution in [3.05, 3.63) is 56.6 Å². The molecule has 0 aromatic heterocycles. The SMILES string of the molecule is Cc1cc(Cl)cc(C=O)c1-c1c(C)cc(Cl)cc1C=O. The number of aryl methyl sites for hydroxylation is 2. The fraction of sp³-hybridized carbons (Fsp3) is 0.125. The van der Waals surface area contributed by atoms with Crippen molar-refractivity contribution in [2.45, 2.75) is 13.8 Å². The molecule has 0 aliphatic rings. The molecule has 20 heavy (non-hydrogen) atoms. The molecule has 0 saturated carbocycles. The van der Waals surface area contributed by atoms with Gasteiger partial charge in [0.05, 0.1) is 0 Å². The van der Waals surface area contributed by atoms with E-state index in [1.165, 1.54) is 0 Å². The van der Waals surface area contributed by atoms with Gasteiger partial charge in [0.25, 0.3) is 0 Å². The Balaban J connectivity index is 2.88. The Morgan fingerprint density at radius 2 is 1.10 bits per heavy atom. The first kappa shape index (κ1) is 14.8. The van der Waals surface area contributed by atoms with Gasteiger partial charge in [0.1, 0.15) is 0 Å². The molecule has 0 amide bonds. The van der Waals surface area contributed by atoms with Gasteiger partial charge < -0.3 is 0 Å². The number of hydrogen-bond donors (Lipinski definition) is 0. The van der Waals surface area contributed by atoms with Gasteiger partial charge in [0.15, 0.2) is 12.6 Å². The van der Waals surface area contributed by atoms with E-state index < -0.39 is 0 Å². The quantitative estimate of drug-likeness (QED) is 0.756. The summed E-state index contributed by atoms with van der Waals surface area (Å²) in [7, 11) is 0. The highest BCUT2D eigenvalue weighted by Gasteiger charge is 2.16. The van der Waals surface area contributed by atoms with Gasteiger partial charge in [-0.25, -0.2) is 0 Å². The van der Waals surface area contributed by atoms with Crippen LogP contribution < -0.4 is 0 Å². The summed E-state index contributed by atoms with van der Waals surface area (Å²) in [5.41, 5.74) is 4.05. The topological polar surface area (TPSA) is 34.1 Å². The second-order valence-electron chi connectivity index (χ2n) is 4.61. The van der Waals surface area contributed by atoms with E-state index in [1.54, 1.807) is 24.3 Å². The zero-order valence-corrected chi connectivity index (χ0v) is 12.5.